The molecule has 320 valence electrons. The van der Waals surface area contributed by atoms with Crippen molar-refractivity contribution in [2.45, 2.75) is 5.41 Å². The van der Waals surface area contributed by atoms with Crippen molar-refractivity contribution in [2.24, 2.45) is 0 Å². The Morgan fingerprint density at radius 1 is 0.246 bits per heavy atom. The molecule has 2 aliphatic rings. The SMILES string of the molecule is c1ccc2c(c1)-c1ccccc1C21c2ccccc2-c2ccc(-c3ccc(N(c4ccc(-c5ccc6sc7ccccc7c6c5)cc4)c4ccc5c6ccccc6c6ccccc6c5c4)cc3)cc21. The van der Waals surface area contributed by atoms with Gasteiger partial charge >= 0.3 is 0 Å². The van der Waals surface area contributed by atoms with Gasteiger partial charge in [0.25, 0.3) is 0 Å². The summed E-state index contributed by atoms with van der Waals surface area (Å²) in [7, 11) is 0. The lowest BCUT2D eigenvalue weighted by Crippen LogP contribution is -2.25. The molecule has 0 aliphatic heterocycles. The first-order valence-electron chi connectivity index (χ1n) is 23.9. The van der Waals surface area contributed by atoms with Gasteiger partial charge in [0, 0.05) is 37.2 Å². The zero-order valence-electron chi connectivity index (χ0n) is 37.5. The Labute approximate surface area is 404 Å². The summed E-state index contributed by atoms with van der Waals surface area (Å²) >= 11 is 1.86. The molecule has 0 fully saturated rings. The monoisotopic (exact) mass is 891 g/mol. The topological polar surface area (TPSA) is 3.24 Å². The third kappa shape index (κ3) is 5.52. The van der Waals surface area contributed by atoms with Crippen molar-refractivity contribution in [3.05, 3.63) is 271 Å². The second-order valence-electron chi connectivity index (χ2n) is 18.7. The second kappa shape index (κ2) is 14.7. The van der Waals surface area contributed by atoms with E-state index in [0.717, 1.165) is 17.1 Å². The van der Waals surface area contributed by atoms with Crippen molar-refractivity contribution in [1.29, 1.82) is 0 Å². The van der Waals surface area contributed by atoms with E-state index >= 15 is 0 Å². The van der Waals surface area contributed by atoms with Crippen LogP contribution < -0.4 is 4.90 Å². The minimum Gasteiger partial charge on any atom is -0.310 e. The van der Waals surface area contributed by atoms with E-state index in [-0.39, 0.29) is 5.41 Å². The molecule has 1 aromatic heterocycles. The van der Waals surface area contributed by atoms with E-state index in [1.54, 1.807) is 0 Å². The van der Waals surface area contributed by atoms with Crippen molar-refractivity contribution >= 4 is 80.9 Å². The number of anilines is 3. The van der Waals surface area contributed by atoms with Crippen molar-refractivity contribution in [3.63, 3.8) is 0 Å². The Morgan fingerprint density at radius 2 is 0.652 bits per heavy atom. The van der Waals surface area contributed by atoms with E-state index in [0.29, 0.717) is 0 Å². The third-order valence-corrected chi connectivity index (χ3v) is 16.4. The van der Waals surface area contributed by atoms with Crippen molar-refractivity contribution in [3.8, 4) is 44.5 Å². The normalized spacial score (nSPS) is 13.0. The quantitative estimate of drug-likeness (QED) is 0.156. The number of nitrogens with zero attached hydrogens (tertiary/aromatic N) is 1. The smallest absolute Gasteiger partial charge is 0.0725 e. The van der Waals surface area contributed by atoms with E-state index in [1.165, 1.54) is 119 Å². The summed E-state index contributed by atoms with van der Waals surface area (Å²) in [5, 5.41) is 10.2. The lowest BCUT2D eigenvalue weighted by Gasteiger charge is -2.30. The molecule has 1 nitrogen and oxygen atoms in total. The van der Waals surface area contributed by atoms with Gasteiger partial charge in [0.15, 0.2) is 0 Å². The van der Waals surface area contributed by atoms with E-state index in [9.17, 15) is 0 Å². The summed E-state index contributed by atoms with van der Waals surface area (Å²) in [5.41, 5.74) is 18.5. The Kier molecular flexibility index (Phi) is 8.22. The van der Waals surface area contributed by atoms with E-state index in [4.69, 9.17) is 0 Å². The molecule has 0 bridgehead atoms. The fourth-order valence-corrected chi connectivity index (χ4v) is 13.4. The molecule has 0 atom stereocenters. The minimum atomic E-state index is -0.382. The van der Waals surface area contributed by atoms with Crippen molar-refractivity contribution < 1.29 is 0 Å². The van der Waals surface area contributed by atoms with Gasteiger partial charge in [0.1, 0.15) is 0 Å². The fourth-order valence-electron chi connectivity index (χ4n) is 12.3. The summed E-state index contributed by atoms with van der Waals surface area (Å²) in [6.45, 7) is 0. The van der Waals surface area contributed by atoms with Crippen LogP contribution in [0.4, 0.5) is 17.1 Å². The summed E-state index contributed by atoms with van der Waals surface area (Å²) in [4.78, 5) is 2.42. The summed E-state index contributed by atoms with van der Waals surface area (Å²) < 4.78 is 2.65. The highest BCUT2D eigenvalue weighted by Gasteiger charge is 2.51. The lowest BCUT2D eigenvalue weighted by molar-refractivity contribution is 0.794. The summed E-state index contributed by atoms with van der Waals surface area (Å²) in [6.07, 6.45) is 0. The van der Waals surface area contributed by atoms with E-state index in [1.807, 2.05) is 11.3 Å². The van der Waals surface area contributed by atoms with E-state index < -0.39 is 0 Å². The molecule has 15 rings (SSSR count). The maximum atomic E-state index is 2.48. The largest absolute Gasteiger partial charge is 0.310 e. The van der Waals surface area contributed by atoms with Gasteiger partial charge in [-0.15, -0.1) is 11.3 Å². The van der Waals surface area contributed by atoms with Crippen LogP contribution in [-0.4, -0.2) is 0 Å². The number of fused-ring (bicyclic) bond motifs is 19. The molecule has 12 aromatic carbocycles. The van der Waals surface area contributed by atoms with Crippen LogP contribution in [0.3, 0.4) is 0 Å². The zero-order chi connectivity index (χ0) is 45.2. The van der Waals surface area contributed by atoms with Crippen LogP contribution in [0.2, 0.25) is 0 Å². The Bertz CT molecular complexity index is 4150. The average molecular weight is 892 g/mol. The maximum Gasteiger partial charge on any atom is 0.0725 e. The predicted molar refractivity (Wildman–Crippen MR) is 294 cm³/mol. The molecule has 0 N–H and O–H groups in total. The van der Waals surface area contributed by atoms with Gasteiger partial charge in [-0.2, -0.15) is 0 Å². The number of hydrogen-bond donors (Lipinski definition) is 0. The maximum absolute atomic E-state index is 2.48. The third-order valence-electron chi connectivity index (χ3n) is 15.3. The van der Waals surface area contributed by atoms with Crippen LogP contribution in [0, 0.1) is 0 Å². The van der Waals surface area contributed by atoms with Gasteiger partial charge in [0.05, 0.1) is 5.41 Å². The molecule has 1 spiro atoms. The van der Waals surface area contributed by atoms with Crippen molar-refractivity contribution in [2.75, 3.05) is 4.90 Å². The van der Waals surface area contributed by atoms with Crippen LogP contribution in [-0.2, 0) is 5.41 Å². The summed E-state index contributed by atoms with van der Waals surface area (Å²) in [6, 6.07) is 93.1. The molecule has 0 saturated heterocycles. The van der Waals surface area contributed by atoms with Gasteiger partial charge in [-0.05, 0) is 160 Å². The number of thiophene rings is 1. The number of hydrogen-bond acceptors (Lipinski definition) is 2. The van der Waals surface area contributed by atoms with Gasteiger partial charge in [-0.25, -0.2) is 0 Å². The number of benzene rings is 12. The van der Waals surface area contributed by atoms with Gasteiger partial charge in [-0.1, -0.05) is 188 Å². The molecule has 69 heavy (non-hydrogen) atoms. The zero-order valence-corrected chi connectivity index (χ0v) is 38.3. The predicted octanol–water partition coefficient (Wildman–Crippen LogP) is 18.7. The molecule has 2 aliphatic carbocycles. The Hall–Kier alpha value is -8.56. The van der Waals surface area contributed by atoms with Crippen molar-refractivity contribution in [1.82, 2.24) is 0 Å². The first-order valence-corrected chi connectivity index (χ1v) is 24.7. The van der Waals surface area contributed by atoms with Crippen LogP contribution in [0.15, 0.2) is 249 Å². The van der Waals surface area contributed by atoms with E-state index in [2.05, 4.69) is 254 Å². The summed E-state index contributed by atoms with van der Waals surface area (Å²) in [5.74, 6) is 0. The van der Waals surface area contributed by atoms with Crippen LogP contribution in [0.1, 0.15) is 22.3 Å². The molecular weight excluding hydrogens is 851 g/mol. The molecule has 2 heteroatoms. The number of rotatable bonds is 5. The molecule has 0 amide bonds. The molecule has 1 heterocycles. The van der Waals surface area contributed by atoms with Gasteiger partial charge in [-0.3, -0.25) is 0 Å². The standard InChI is InChI=1S/C67H41NS/c1-2-15-51-49(13-1)50-14-3-4-16-52(50)59-41-48(35-37-53(51)59)68(46-31-25-42(26-32-46)44-30-38-66-60(39-44)58-20-8-12-24-65(58)69-66)47-33-27-43(28-34-47)45-29-36-57-56-19-7-11-23-63(56)67(64(57)40-45)61-21-9-5-17-54(61)55-18-6-10-22-62(55)67/h1-41H. The highest BCUT2D eigenvalue weighted by molar-refractivity contribution is 7.25. The Balaban J connectivity index is 0.873. The second-order valence-corrected chi connectivity index (χ2v) is 19.8. The molecular formula is C67H41NS. The molecule has 0 radical (unpaired) electrons. The first-order chi connectivity index (χ1) is 34.2. The molecule has 0 saturated carbocycles. The fraction of sp³-hybridized carbons (Fsp3) is 0.0149. The average Bonchev–Trinajstić information content (AvgIpc) is 4.05. The highest BCUT2D eigenvalue weighted by atomic mass is 32.1. The molecule has 13 aromatic rings. The molecule has 0 unspecified atom stereocenters. The highest BCUT2D eigenvalue weighted by Crippen LogP contribution is 2.63. The minimum absolute atomic E-state index is 0.382. The van der Waals surface area contributed by atoms with Crippen LogP contribution in [0.25, 0.3) is 97.0 Å². The first kappa shape index (κ1) is 38.5. The lowest BCUT2D eigenvalue weighted by atomic mass is 9.70. The van der Waals surface area contributed by atoms with Gasteiger partial charge < -0.3 is 4.90 Å². The van der Waals surface area contributed by atoms with Crippen LogP contribution >= 0.6 is 11.3 Å². The Morgan fingerprint density at radius 3 is 1.23 bits per heavy atom. The van der Waals surface area contributed by atoms with Gasteiger partial charge in [0.2, 0.25) is 0 Å². The van der Waals surface area contributed by atoms with Crippen LogP contribution in [0.5, 0.6) is 0 Å².